The molecule has 0 unspecified atom stereocenters. The monoisotopic (exact) mass is 391 g/mol. The van der Waals surface area contributed by atoms with Gasteiger partial charge in [0.2, 0.25) is 0 Å². The lowest BCUT2D eigenvalue weighted by atomic mass is 10.1. The molecule has 0 aliphatic carbocycles. The predicted octanol–water partition coefficient (Wildman–Crippen LogP) is 2.68. The molecule has 1 heterocycles. The highest BCUT2D eigenvalue weighted by Crippen LogP contribution is 2.12. The number of hydrogen-bond donors (Lipinski definition) is 1. The van der Waals surface area contributed by atoms with Crippen LogP contribution in [0, 0.1) is 17.1 Å². The summed E-state index contributed by atoms with van der Waals surface area (Å²) in [5.41, 5.74) is 1.92. The van der Waals surface area contributed by atoms with Gasteiger partial charge >= 0.3 is 0 Å². The van der Waals surface area contributed by atoms with E-state index in [1.807, 2.05) is 30.3 Å². The number of benzene rings is 2. The van der Waals surface area contributed by atoms with Crippen molar-refractivity contribution in [2.45, 2.75) is 6.42 Å². The van der Waals surface area contributed by atoms with Gasteiger partial charge in [0.25, 0.3) is 5.91 Å². The summed E-state index contributed by atoms with van der Waals surface area (Å²) in [7, 11) is 1.60. The molecular weight excluding hydrogens is 373 g/mol. The number of rotatable bonds is 7. The van der Waals surface area contributed by atoms with E-state index in [-0.39, 0.29) is 11.4 Å². The second-order valence-electron chi connectivity index (χ2n) is 6.09. The smallest absolute Gasteiger partial charge is 0.262 e. The van der Waals surface area contributed by atoms with Gasteiger partial charge in [-0.25, -0.2) is 9.07 Å². The molecule has 8 heteroatoms. The zero-order chi connectivity index (χ0) is 20.6. The Balaban J connectivity index is 1.61. The Labute approximate surface area is 167 Å². The van der Waals surface area contributed by atoms with Crippen molar-refractivity contribution in [2.24, 2.45) is 0 Å². The lowest BCUT2D eigenvalue weighted by Crippen LogP contribution is -2.26. The van der Waals surface area contributed by atoms with E-state index in [0.717, 1.165) is 11.3 Å². The first-order valence-corrected chi connectivity index (χ1v) is 8.80. The third-order valence-electron chi connectivity index (χ3n) is 4.12. The van der Waals surface area contributed by atoms with Crippen LogP contribution in [0.3, 0.4) is 0 Å². The van der Waals surface area contributed by atoms with Crippen molar-refractivity contribution >= 4 is 12.0 Å². The standard InChI is InChI=1S/C21H18FN5O2/c1-29-20-8-2-15(3-9-20)10-11-24-21(28)16(13-23)12-18-14-27(26-25-18)19-6-4-17(22)5-7-19/h2-9,12,14H,10-11H2,1H3,(H,24,28)/b16-12-. The van der Waals surface area contributed by atoms with E-state index in [2.05, 4.69) is 15.6 Å². The maximum atomic E-state index is 13.0. The van der Waals surface area contributed by atoms with E-state index in [1.165, 1.54) is 22.9 Å². The van der Waals surface area contributed by atoms with Gasteiger partial charge < -0.3 is 10.1 Å². The van der Waals surface area contributed by atoms with Crippen molar-refractivity contribution in [1.29, 1.82) is 5.26 Å². The van der Waals surface area contributed by atoms with Crippen LogP contribution >= 0.6 is 0 Å². The minimum absolute atomic E-state index is 0.0779. The zero-order valence-corrected chi connectivity index (χ0v) is 15.7. The van der Waals surface area contributed by atoms with E-state index in [0.29, 0.717) is 24.3 Å². The molecule has 3 rings (SSSR count). The molecular formula is C21H18FN5O2. The van der Waals surface area contributed by atoms with E-state index >= 15 is 0 Å². The van der Waals surface area contributed by atoms with Gasteiger partial charge in [0.15, 0.2) is 0 Å². The van der Waals surface area contributed by atoms with Gasteiger partial charge in [-0.15, -0.1) is 5.10 Å². The molecule has 0 bridgehead atoms. The minimum atomic E-state index is -0.489. The van der Waals surface area contributed by atoms with Gasteiger partial charge in [-0.1, -0.05) is 17.3 Å². The van der Waals surface area contributed by atoms with Crippen LogP contribution < -0.4 is 10.1 Å². The quantitative estimate of drug-likeness (QED) is 0.494. The maximum Gasteiger partial charge on any atom is 0.262 e. The van der Waals surface area contributed by atoms with Crippen LogP contribution in [-0.4, -0.2) is 34.6 Å². The normalized spacial score (nSPS) is 11.0. The summed E-state index contributed by atoms with van der Waals surface area (Å²) in [6.07, 6.45) is 3.53. The molecule has 0 radical (unpaired) electrons. The van der Waals surface area contributed by atoms with Gasteiger partial charge in [-0.2, -0.15) is 5.26 Å². The number of carbonyl (C=O) groups excluding carboxylic acids is 1. The van der Waals surface area contributed by atoms with Crippen LogP contribution in [0.4, 0.5) is 4.39 Å². The first kappa shape index (κ1) is 19.8. The van der Waals surface area contributed by atoms with Crippen molar-refractivity contribution in [3.8, 4) is 17.5 Å². The molecule has 0 spiro atoms. The maximum absolute atomic E-state index is 13.0. The number of halogens is 1. The van der Waals surface area contributed by atoms with Crippen LogP contribution in [-0.2, 0) is 11.2 Å². The fourth-order valence-corrected chi connectivity index (χ4v) is 2.57. The number of nitrogens with one attached hydrogen (secondary N) is 1. The number of amides is 1. The summed E-state index contributed by atoms with van der Waals surface area (Å²) in [4.78, 5) is 12.3. The number of nitriles is 1. The molecule has 0 aliphatic rings. The molecule has 1 aromatic heterocycles. The van der Waals surface area contributed by atoms with E-state index in [4.69, 9.17) is 4.74 Å². The highest BCUT2D eigenvalue weighted by molar-refractivity contribution is 6.01. The number of nitrogens with zero attached hydrogens (tertiary/aromatic N) is 4. The predicted molar refractivity (Wildman–Crippen MR) is 105 cm³/mol. The van der Waals surface area contributed by atoms with Crippen molar-refractivity contribution in [3.63, 3.8) is 0 Å². The summed E-state index contributed by atoms with van der Waals surface area (Å²) in [6, 6.07) is 15.1. The van der Waals surface area contributed by atoms with Crippen molar-refractivity contribution in [2.75, 3.05) is 13.7 Å². The van der Waals surface area contributed by atoms with Gasteiger partial charge in [0, 0.05) is 6.54 Å². The topological polar surface area (TPSA) is 92.8 Å². The highest BCUT2D eigenvalue weighted by Gasteiger charge is 2.10. The molecule has 2 aromatic carbocycles. The van der Waals surface area contributed by atoms with Crippen LogP contribution in [0.2, 0.25) is 0 Å². The fraction of sp³-hybridized carbons (Fsp3) is 0.143. The Hall–Kier alpha value is -3.99. The Morgan fingerprint density at radius 2 is 1.97 bits per heavy atom. The van der Waals surface area contributed by atoms with Crippen LogP contribution in [0.1, 0.15) is 11.3 Å². The summed E-state index contributed by atoms with van der Waals surface area (Å²) in [5, 5.41) is 19.9. The Morgan fingerprint density at radius 3 is 2.62 bits per heavy atom. The van der Waals surface area contributed by atoms with Gasteiger partial charge in [0.1, 0.15) is 28.9 Å². The molecule has 0 saturated heterocycles. The average Bonchev–Trinajstić information content (AvgIpc) is 3.21. The first-order chi connectivity index (χ1) is 14.1. The van der Waals surface area contributed by atoms with Crippen molar-refractivity contribution in [3.05, 3.63) is 77.4 Å². The fourth-order valence-electron chi connectivity index (χ4n) is 2.57. The second-order valence-corrected chi connectivity index (χ2v) is 6.09. The lowest BCUT2D eigenvalue weighted by molar-refractivity contribution is -0.117. The molecule has 0 saturated carbocycles. The van der Waals surface area contributed by atoms with E-state index in [9.17, 15) is 14.4 Å². The lowest BCUT2D eigenvalue weighted by Gasteiger charge is -2.05. The van der Waals surface area contributed by atoms with Crippen LogP contribution in [0.25, 0.3) is 11.8 Å². The van der Waals surface area contributed by atoms with Crippen molar-refractivity contribution < 1.29 is 13.9 Å². The van der Waals surface area contributed by atoms with E-state index < -0.39 is 5.91 Å². The van der Waals surface area contributed by atoms with Crippen LogP contribution in [0.5, 0.6) is 5.75 Å². The number of hydrogen-bond acceptors (Lipinski definition) is 5. The molecule has 0 fully saturated rings. The molecule has 1 N–H and O–H groups in total. The summed E-state index contributed by atoms with van der Waals surface area (Å²) in [5.74, 6) is -0.0782. The Bertz CT molecular complexity index is 1050. The van der Waals surface area contributed by atoms with Crippen LogP contribution in [0.15, 0.2) is 60.3 Å². The molecule has 146 valence electrons. The Morgan fingerprint density at radius 1 is 1.24 bits per heavy atom. The number of methoxy groups -OCH3 is 1. The molecule has 29 heavy (non-hydrogen) atoms. The highest BCUT2D eigenvalue weighted by atomic mass is 19.1. The van der Waals surface area contributed by atoms with Gasteiger partial charge in [-0.3, -0.25) is 4.79 Å². The number of ether oxygens (including phenoxy) is 1. The second kappa shape index (κ2) is 9.28. The average molecular weight is 391 g/mol. The number of aromatic nitrogens is 3. The Kier molecular flexibility index (Phi) is 6.32. The summed E-state index contributed by atoms with van der Waals surface area (Å²) >= 11 is 0. The van der Waals surface area contributed by atoms with Crippen molar-refractivity contribution in [1.82, 2.24) is 20.3 Å². The number of carbonyl (C=O) groups is 1. The van der Waals surface area contributed by atoms with Gasteiger partial charge in [0.05, 0.1) is 19.0 Å². The molecule has 1 amide bonds. The minimum Gasteiger partial charge on any atom is -0.497 e. The molecule has 7 nitrogen and oxygen atoms in total. The zero-order valence-electron chi connectivity index (χ0n) is 15.7. The summed E-state index contributed by atoms with van der Waals surface area (Å²) < 4.78 is 19.6. The van der Waals surface area contributed by atoms with E-state index in [1.54, 1.807) is 25.4 Å². The van der Waals surface area contributed by atoms with Gasteiger partial charge in [-0.05, 0) is 54.5 Å². The first-order valence-electron chi connectivity index (χ1n) is 8.80. The third kappa shape index (κ3) is 5.26. The molecule has 0 atom stereocenters. The summed E-state index contributed by atoms with van der Waals surface area (Å²) in [6.45, 7) is 0.381. The molecule has 0 aliphatic heterocycles. The molecule has 3 aromatic rings. The third-order valence-corrected chi connectivity index (χ3v) is 4.12. The SMILES string of the molecule is COc1ccc(CCNC(=O)/C(C#N)=C\c2cn(-c3ccc(F)cc3)nn2)cc1. The largest absolute Gasteiger partial charge is 0.497 e.